The molecule has 0 fully saturated rings. The van der Waals surface area contributed by atoms with Gasteiger partial charge in [-0.05, 0) is 19.3 Å². The summed E-state index contributed by atoms with van der Waals surface area (Å²) in [7, 11) is 1.98. The second-order valence-corrected chi connectivity index (χ2v) is 3.17. The number of halogens is 1. The Labute approximate surface area is 78.4 Å². The molecule has 0 aliphatic heterocycles. The highest BCUT2D eigenvalue weighted by Crippen LogP contribution is 2.26. The number of nitrogens with two attached hydrogens (primary N) is 1. The molecule has 0 radical (unpaired) electrons. The third-order valence-electron chi connectivity index (χ3n) is 2.42. The number of aryl methyl sites for hydroxylation is 1. The monoisotopic (exact) mass is 187 g/mol. The first-order valence-corrected chi connectivity index (χ1v) is 4.05. The zero-order chi connectivity index (χ0) is 7.84. The van der Waals surface area contributed by atoms with Crippen molar-refractivity contribution in [1.29, 1.82) is 0 Å². The van der Waals surface area contributed by atoms with Crippen LogP contribution >= 0.6 is 12.4 Å². The normalized spacial score (nSPS) is 21.3. The molecule has 1 unspecified atom stereocenters. The van der Waals surface area contributed by atoms with Gasteiger partial charge in [-0.2, -0.15) is 5.10 Å². The Morgan fingerprint density at radius 2 is 2.42 bits per heavy atom. The fraction of sp³-hybridized carbons (Fsp3) is 0.625. The van der Waals surface area contributed by atoms with Gasteiger partial charge in [0.05, 0.1) is 6.20 Å². The SMILES string of the molecule is Cl.Cn1ncc2c1CCCC2N. The zero-order valence-corrected chi connectivity index (χ0v) is 7.97. The van der Waals surface area contributed by atoms with Crippen molar-refractivity contribution in [3.05, 3.63) is 17.5 Å². The smallest absolute Gasteiger partial charge is 0.0540 e. The van der Waals surface area contributed by atoms with Crippen molar-refractivity contribution in [2.45, 2.75) is 25.3 Å². The molecule has 2 N–H and O–H groups in total. The summed E-state index contributed by atoms with van der Waals surface area (Å²) < 4.78 is 1.94. The number of nitrogens with zero attached hydrogens (tertiary/aromatic N) is 2. The summed E-state index contributed by atoms with van der Waals surface area (Å²) in [5.74, 6) is 0. The quantitative estimate of drug-likeness (QED) is 0.663. The van der Waals surface area contributed by atoms with Gasteiger partial charge < -0.3 is 5.73 Å². The Morgan fingerprint density at radius 1 is 1.67 bits per heavy atom. The molecule has 1 heterocycles. The first-order valence-electron chi connectivity index (χ1n) is 4.05. The molecule has 0 spiro atoms. The number of hydrogen-bond acceptors (Lipinski definition) is 2. The van der Waals surface area contributed by atoms with Crippen molar-refractivity contribution in [3.63, 3.8) is 0 Å². The van der Waals surface area contributed by atoms with Gasteiger partial charge >= 0.3 is 0 Å². The average molecular weight is 188 g/mol. The number of fused-ring (bicyclic) bond motifs is 1. The maximum atomic E-state index is 5.91. The summed E-state index contributed by atoms with van der Waals surface area (Å²) >= 11 is 0. The molecule has 0 saturated heterocycles. The Bertz CT molecular complexity index is 269. The van der Waals surface area contributed by atoms with Crippen molar-refractivity contribution in [2.24, 2.45) is 12.8 Å². The average Bonchev–Trinajstić information content (AvgIpc) is 2.35. The van der Waals surface area contributed by atoms with E-state index in [9.17, 15) is 0 Å². The second kappa shape index (κ2) is 3.46. The van der Waals surface area contributed by atoms with Crippen LogP contribution in [0.2, 0.25) is 0 Å². The topological polar surface area (TPSA) is 43.8 Å². The van der Waals surface area contributed by atoms with Crippen LogP contribution in [-0.2, 0) is 13.5 Å². The van der Waals surface area contributed by atoms with Crippen LogP contribution in [0.3, 0.4) is 0 Å². The van der Waals surface area contributed by atoms with Crippen LogP contribution in [0.15, 0.2) is 6.20 Å². The molecular weight excluding hydrogens is 174 g/mol. The van der Waals surface area contributed by atoms with Crippen molar-refractivity contribution in [3.8, 4) is 0 Å². The standard InChI is InChI=1S/C8H13N3.ClH/c1-11-8-4-2-3-7(9)6(8)5-10-11;/h5,7H,2-4,9H2,1H3;1H. The van der Waals surface area contributed by atoms with Gasteiger partial charge in [0, 0.05) is 24.3 Å². The lowest BCUT2D eigenvalue weighted by atomic mass is 9.94. The summed E-state index contributed by atoms with van der Waals surface area (Å²) in [6.45, 7) is 0. The zero-order valence-electron chi connectivity index (χ0n) is 7.16. The van der Waals surface area contributed by atoms with E-state index in [1.165, 1.54) is 17.7 Å². The lowest BCUT2D eigenvalue weighted by Gasteiger charge is -2.18. The molecule has 3 nitrogen and oxygen atoms in total. The molecule has 4 heteroatoms. The summed E-state index contributed by atoms with van der Waals surface area (Å²) in [5, 5.41) is 4.19. The van der Waals surface area contributed by atoms with E-state index in [2.05, 4.69) is 5.10 Å². The van der Waals surface area contributed by atoms with Crippen LogP contribution in [0.4, 0.5) is 0 Å². The van der Waals surface area contributed by atoms with Crippen LogP contribution in [0.25, 0.3) is 0 Å². The Hall–Kier alpha value is -0.540. The van der Waals surface area contributed by atoms with Gasteiger partial charge in [0.15, 0.2) is 0 Å². The Morgan fingerprint density at radius 3 is 3.08 bits per heavy atom. The fourth-order valence-corrected chi connectivity index (χ4v) is 1.74. The molecule has 1 atom stereocenters. The predicted molar refractivity (Wildman–Crippen MR) is 50.3 cm³/mol. The lowest BCUT2D eigenvalue weighted by Crippen LogP contribution is -2.17. The van der Waals surface area contributed by atoms with Gasteiger partial charge in [-0.25, -0.2) is 0 Å². The molecule has 0 amide bonds. The van der Waals surface area contributed by atoms with Gasteiger partial charge in [0.25, 0.3) is 0 Å². The van der Waals surface area contributed by atoms with Gasteiger partial charge in [-0.3, -0.25) is 4.68 Å². The van der Waals surface area contributed by atoms with Crippen LogP contribution in [0.1, 0.15) is 30.1 Å². The van der Waals surface area contributed by atoms with Crippen molar-refractivity contribution >= 4 is 12.4 Å². The van der Waals surface area contributed by atoms with Crippen LogP contribution in [0, 0.1) is 0 Å². The second-order valence-electron chi connectivity index (χ2n) is 3.17. The van der Waals surface area contributed by atoms with E-state index >= 15 is 0 Å². The van der Waals surface area contributed by atoms with E-state index in [0.29, 0.717) is 0 Å². The molecule has 1 aromatic heterocycles. The van der Waals surface area contributed by atoms with Crippen LogP contribution in [0.5, 0.6) is 0 Å². The summed E-state index contributed by atoms with van der Waals surface area (Å²) in [4.78, 5) is 0. The fourth-order valence-electron chi connectivity index (χ4n) is 1.74. The van der Waals surface area contributed by atoms with E-state index in [1.54, 1.807) is 0 Å². The van der Waals surface area contributed by atoms with Crippen LogP contribution in [-0.4, -0.2) is 9.78 Å². The minimum Gasteiger partial charge on any atom is -0.324 e. The van der Waals surface area contributed by atoms with Crippen molar-refractivity contribution in [1.82, 2.24) is 9.78 Å². The molecule has 1 aliphatic carbocycles. The summed E-state index contributed by atoms with van der Waals surface area (Å²) in [6.07, 6.45) is 5.35. The van der Waals surface area contributed by atoms with E-state index in [0.717, 1.165) is 12.8 Å². The predicted octanol–water partition coefficient (Wildman–Crippen LogP) is 1.18. The maximum absolute atomic E-state index is 5.91. The van der Waals surface area contributed by atoms with Gasteiger partial charge in [0.2, 0.25) is 0 Å². The molecular formula is C8H14ClN3. The summed E-state index contributed by atoms with van der Waals surface area (Å²) in [6, 6.07) is 0.229. The van der Waals surface area contributed by atoms with E-state index < -0.39 is 0 Å². The highest BCUT2D eigenvalue weighted by atomic mass is 35.5. The lowest BCUT2D eigenvalue weighted by molar-refractivity contribution is 0.548. The molecule has 0 bridgehead atoms. The highest BCUT2D eigenvalue weighted by molar-refractivity contribution is 5.85. The molecule has 1 aliphatic rings. The number of hydrogen-bond donors (Lipinski definition) is 1. The van der Waals surface area contributed by atoms with E-state index in [1.807, 2.05) is 17.9 Å². The molecule has 1 aromatic rings. The first-order chi connectivity index (χ1) is 5.29. The molecule has 0 saturated carbocycles. The maximum Gasteiger partial charge on any atom is 0.0540 e. The molecule has 68 valence electrons. The van der Waals surface area contributed by atoms with Gasteiger partial charge in [-0.15, -0.1) is 12.4 Å². The van der Waals surface area contributed by atoms with E-state index in [-0.39, 0.29) is 18.4 Å². The first kappa shape index (κ1) is 9.55. The van der Waals surface area contributed by atoms with Crippen molar-refractivity contribution in [2.75, 3.05) is 0 Å². The van der Waals surface area contributed by atoms with Gasteiger partial charge in [0.1, 0.15) is 0 Å². The van der Waals surface area contributed by atoms with E-state index in [4.69, 9.17) is 5.73 Å². The Kier molecular flexibility index (Phi) is 2.75. The number of rotatable bonds is 0. The van der Waals surface area contributed by atoms with Crippen LogP contribution < -0.4 is 5.73 Å². The minimum absolute atomic E-state index is 0. The molecule has 12 heavy (non-hydrogen) atoms. The Balaban J connectivity index is 0.000000720. The molecule has 0 aromatic carbocycles. The minimum atomic E-state index is 0. The van der Waals surface area contributed by atoms with Gasteiger partial charge in [-0.1, -0.05) is 0 Å². The number of aromatic nitrogens is 2. The third kappa shape index (κ3) is 1.34. The summed E-state index contributed by atoms with van der Waals surface area (Å²) in [5.41, 5.74) is 8.48. The highest BCUT2D eigenvalue weighted by Gasteiger charge is 2.19. The molecule has 2 rings (SSSR count). The largest absolute Gasteiger partial charge is 0.324 e. The third-order valence-corrected chi connectivity index (χ3v) is 2.42. The van der Waals surface area contributed by atoms with Crippen molar-refractivity contribution < 1.29 is 0 Å².